The van der Waals surface area contributed by atoms with Gasteiger partial charge in [-0.2, -0.15) is 5.26 Å². The van der Waals surface area contributed by atoms with Crippen molar-refractivity contribution in [1.82, 2.24) is 4.90 Å². The minimum absolute atomic E-state index is 0.175. The topological polar surface area (TPSA) is 56.5 Å². The molecule has 1 atom stereocenters. The van der Waals surface area contributed by atoms with Crippen LogP contribution in [0, 0.1) is 11.3 Å². The molecular formula is C14H20N2O2. The van der Waals surface area contributed by atoms with Gasteiger partial charge in [-0.25, -0.2) is 0 Å². The molecule has 1 aromatic rings. The van der Waals surface area contributed by atoms with E-state index < -0.39 is 6.10 Å². The third-order valence-corrected chi connectivity index (χ3v) is 2.69. The number of aliphatic hydroxyl groups excluding tert-OH is 1. The summed E-state index contributed by atoms with van der Waals surface area (Å²) in [6, 6.07) is 9.74. The van der Waals surface area contributed by atoms with E-state index in [0.29, 0.717) is 12.3 Å². The lowest BCUT2D eigenvalue weighted by Crippen LogP contribution is -2.26. The Morgan fingerprint density at radius 2 is 2.06 bits per heavy atom. The maximum absolute atomic E-state index is 8.92. The zero-order valence-corrected chi connectivity index (χ0v) is 11.0. The quantitative estimate of drug-likeness (QED) is 0.799. The Bertz CT molecular complexity index is 384. The Hall–Kier alpha value is -1.57. The lowest BCUT2D eigenvalue weighted by atomic mass is 10.2. The molecule has 0 saturated carbocycles. The minimum atomic E-state index is -0.433. The van der Waals surface area contributed by atoms with Crippen LogP contribution in [0.1, 0.15) is 19.4 Å². The summed E-state index contributed by atoms with van der Waals surface area (Å²) in [7, 11) is 0. The summed E-state index contributed by atoms with van der Waals surface area (Å²) in [5, 5.41) is 17.6. The van der Waals surface area contributed by atoms with Gasteiger partial charge >= 0.3 is 0 Å². The summed E-state index contributed by atoms with van der Waals surface area (Å²) in [5.41, 5.74) is 1.17. The van der Waals surface area contributed by atoms with Crippen molar-refractivity contribution < 1.29 is 9.84 Å². The van der Waals surface area contributed by atoms with Gasteiger partial charge in [-0.3, -0.25) is 4.90 Å². The Balaban J connectivity index is 2.57. The summed E-state index contributed by atoms with van der Waals surface area (Å²) >= 11 is 0. The second-order valence-electron chi connectivity index (χ2n) is 4.13. The van der Waals surface area contributed by atoms with Crippen molar-refractivity contribution in [1.29, 1.82) is 5.26 Å². The highest BCUT2D eigenvalue weighted by Gasteiger charge is 2.04. The van der Waals surface area contributed by atoms with Crippen LogP contribution in [0.5, 0.6) is 5.75 Å². The Labute approximate surface area is 108 Å². The molecule has 4 nitrogen and oxygen atoms in total. The molecule has 0 aliphatic heterocycles. The average Bonchev–Trinajstić information content (AvgIpc) is 2.40. The molecule has 1 N–H and O–H groups in total. The van der Waals surface area contributed by atoms with Gasteiger partial charge in [0, 0.05) is 13.1 Å². The highest BCUT2D eigenvalue weighted by molar-refractivity contribution is 5.27. The van der Waals surface area contributed by atoms with E-state index in [9.17, 15) is 0 Å². The molecular weight excluding hydrogens is 228 g/mol. The van der Waals surface area contributed by atoms with Crippen LogP contribution in [-0.2, 0) is 6.54 Å². The molecule has 0 bridgehead atoms. The van der Waals surface area contributed by atoms with Crippen LogP contribution in [0.3, 0.4) is 0 Å². The Morgan fingerprint density at radius 1 is 1.39 bits per heavy atom. The summed E-state index contributed by atoms with van der Waals surface area (Å²) < 4.78 is 5.38. The normalized spacial score (nSPS) is 12.2. The summed E-state index contributed by atoms with van der Waals surface area (Å²) in [6.45, 7) is 6.36. The fourth-order valence-electron chi connectivity index (χ4n) is 1.65. The van der Waals surface area contributed by atoms with Crippen molar-refractivity contribution in [3.8, 4) is 11.8 Å². The molecule has 0 radical (unpaired) electrons. The number of nitrogens with zero attached hydrogens (tertiary/aromatic N) is 2. The number of ether oxygens (including phenoxy) is 1. The van der Waals surface area contributed by atoms with Crippen molar-refractivity contribution in [2.75, 3.05) is 19.7 Å². The van der Waals surface area contributed by atoms with E-state index in [0.717, 1.165) is 13.1 Å². The van der Waals surface area contributed by atoms with Gasteiger partial charge in [-0.15, -0.1) is 0 Å². The van der Waals surface area contributed by atoms with E-state index >= 15 is 0 Å². The molecule has 0 aliphatic rings. The first kappa shape index (κ1) is 14.5. The van der Waals surface area contributed by atoms with Gasteiger partial charge < -0.3 is 9.84 Å². The highest BCUT2D eigenvalue weighted by Crippen LogP contribution is 2.15. The van der Waals surface area contributed by atoms with E-state index in [4.69, 9.17) is 15.1 Å². The molecule has 0 heterocycles. The number of hydrogen-bond donors (Lipinski definition) is 1. The Kier molecular flexibility index (Phi) is 6.20. The van der Waals surface area contributed by atoms with E-state index in [2.05, 4.69) is 11.8 Å². The van der Waals surface area contributed by atoms with Gasteiger partial charge in [0.1, 0.15) is 11.8 Å². The van der Waals surface area contributed by atoms with Gasteiger partial charge in [0.2, 0.25) is 0 Å². The fraction of sp³-hybridized carbons (Fsp3) is 0.500. The lowest BCUT2D eigenvalue weighted by Gasteiger charge is -2.19. The average molecular weight is 248 g/mol. The monoisotopic (exact) mass is 248 g/mol. The smallest absolute Gasteiger partial charge is 0.181 e. The molecule has 1 rings (SSSR count). The van der Waals surface area contributed by atoms with Crippen LogP contribution in [0.2, 0.25) is 0 Å². The van der Waals surface area contributed by atoms with Crippen LogP contribution in [-0.4, -0.2) is 35.8 Å². The van der Waals surface area contributed by atoms with Crippen LogP contribution >= 0.6 is 0 Å². The molecule has 18 heavy (non-hydrogen) atoms. The number of likely N-dealkylation sites (N-methyl/N-ethyl adjacent to an activating group) is 1. The van der Waals surface area contributed by atoms with Crippen molar-refractivity contribution in [2.24, 2.45) is 0 Å². The third-order valence-electron chi connectivity index (χ3n) is 2.69. The van der Waals surface area contributed by atoms with Crippen LogP contribution in [0.15, 0.2) is 24.3 Å². The van der Waals surface area contributed by atoms with E-state index in [-0.39, 0.29) is 6.61 Å². The van der Waals surface area contributed by atoms with E-state index in [1.54, 1.807) is 6.92 Å². The van der Waals surface area contributed by atoms with Gasteiger partial charge in [0.15, 0.2) is 6.10 Å². The second-order valence-corrected chi connectivity index (χ2v) is 4.13. The second kappa shape index (κ2) is 7.70. The van der Waals surface area contributed by atoms with E-state index in [1.165, 1.54) is 5.56 Å². The largest absolute Gasteiger partial charge is 0.476 e. The van der Waals surface area contributed by atoms with Crippen molar-refractivity contribution >= 4 is 0 Å². The maximum atomic E-state index is 8.92. The highest BCUT2D eigenvalue weighted by atomic mass is 16.5. The van der Waals surface area contributed by atoms with Gasteiger partial charge in [0.25, 0.3) is 0 Å². The summed E-state index contributed by atoms with van der Waals surface area (Å²) in [5.74, 6) is 0.706. The van der Waals surface area contributed by atoms with Gasteiger partial charge in [0.05, 0.1) is 6.61 Å². The first-order chi connectivity index (χ1) is 8.69. The SMILES string of the molecule is CCN(CCO)Cc1ccc(OC(C)C#N)cc1. The van der Waals surface area contributed by atoms with Crippen molar-refractivity contribution in [3.63, 3.8) is 0 Å². The predicted octanol–water partition coefficient (Wildman–Crippen LogP) is 1.79. The Morgan fingerprint density at radius 3 is 2.56 bits per heavy atom. The van der Waals surface area contributed by atoms with Crippen LogP contribution in [0.25, 0.3) is 0 Å². The lowest BCUT2D eigenvalue weighted by molar-refractivity contribution is 0.196. The molecule has 98 valence electrons. The number of nitriles is 1. The summed E-state index contributed by atoms with van der Waals surface area (Å²) in [6.07, 6.45) is -0.433. The van der Waals surface area contributed by atoms with Crippen molar-refractivity contribution in [3.05, 3.63) is 29.8 Å². The molecule has 0 aliphatic carbocycles. The standard InChI is InChI=1S/C14H20N2O2/c1-3-16(8-9-17)11-13-4-6-14(7-5-13)18-12(2)10-15/h4-7,12,17H,3,8-9,11H2,1-2H3. The van der Waals surface area contributed by atoms with Gasteiger partial charge in [-0.05, 0) is 31.2 Å². The summed E-state index contributed by atoms with van der Waals surface area (Å²) in [4.78, 5) is 2.16. The fourth-order valence-corrected chi connectivity index (χ4v) is 1.65. The van der Waals surface area contributed by atoms with Gasteiger partial charge in [-0.1, -0.05) is 19.1 Å². The molecule has 0 aromatic heterocycles. The first-order valence-electron chi connectivity index (χ1n) is 6.18. The minimum Gasteiger partial charge on any atom is -0.476 e. The molecule has 0 saturated heterocycles. The molecule has 0 amide bonds. The van der Waals surface area contributed by atoms with E-state index in [1.807, 2.05) is 30.3 Å². The van der Waals surface area contributed by atoms with Crippen LogP contribution in [0.4, 0.5) is 0 Å². The molecule has 1 unspecified atom stereocenters. The zero-order valence-electron chi connectivity index (χ0n) is 11.0. The number of aliphatic hydroxyl groups is 1. The first-order valence-corrected chi connectivity index (χ1v) is 6.18. The maximum Gasteiger partial charge on any atom is 0.181 e. The third kappa shape index (κ3) is 4.74. The van der Waals surface area contributed by atoms with Crippen molar-refractivity contribution in [2.45, 2.75) is 26.5 Å². The number of hydrogen-bond acceptors (Lipinski definition) is 4. The molecule has 4 heteroatoms. The number of rotatable bonds is 7. The zero-order chi connectivity index (χ0) is 13.4. The molecule has 0 fully saturated rings. The van der Waals surface area contributed by atoms with Crippen LogP contribution < -0.4 is 4.74 Å². The number of benzene rings is 1. The molecule has 0 spiro atoms. The molecule has 1 aromatic carbocycles. The predicted molar refractivity (Wildman–Crippen MR) is 70.2 cm³/mol.